The zero-order valence-electron chi connectivity index (χ0n) is 9.73. The van der Waals surface area contributed by atoms with Gasteiger partial charge in [-0.25, -0.2) is 4.98 Å². The molecule has 86 valence electrons. The molecule has 0 fully saturated rings. The van der Waals surface area contributed by atoms with Crippen LogP contribution in [0.3, 0.4) is 0 Å². The lowest BCUT2D eigenvalue weighted by Gasteiger charge is -2.17. The first-order valence-corrected chi connectivity index (χ1v) is 6.26. The van der Waals surface area contributed by atoms with Crippen LogP contribution in [0.4, 0.5) is 0 Å². The van der Waals surface area contributed by atoms with E-state index >= 15 is 0 Å². The van der Waals surface area contributed by atoms with Gasteiger partial charge in [-0.05, 0) is 32.9 Å². The molecule has 0 aromatic carbocycles. The van der Waals surface area contributed by atoms with Gasteiger partial charge < -0.3 is 9.73 Å². The molecule has 0 saturated heterocycles. The van der Waals surface area contributed by atoms with Gasteiger partial charge in [0, 0.05) is 10.9 Å². The number of nitrogens with zero attached hydrogens (tertiary/aromatic N) is 1. The SMILES string of the molecule is Cc1ncsc1C(C)N[C@@H](C)c1ccco1. The molecule has 2 atom stereocenters. The van der Waals surface area contributed by atoms with Crippen molar-refractivity contribution in [1.29, 1.82) is 0 Å². The van der Waals surface area contributed by atoms with E-state index in [1.165, 1.54) is 4.88 Å². The average molecular weight is 236 g/mol. The molecule has 2 rings (SSSR count). The largest absolute Gasteiger partial charge is 0.468 e. The molecule has 0 aliphatic rings. The second-order valence-corrected chi connectivity index (χ2v) is 4.81. The van der Waals surface area contributed by atoms with Crippen molar-refractivity contribution in [3.63, 3.8) is 0 Å². The predicted octanol–water partition coefficient (Wildman–Crippen LogP) is 3.46. The maximum absolute atomic E-state index is 5.37. The van der Waals surface area contributed by atoms with Gasteiger partial charge in [0.05, 0.1) is 23.5 Å². The number of hydrogen-bond donors (Lipinski definition) is 1. The normalized spacial score (nSPS) is 14.9. The molecule has 2 aromatic rings. The van der Waals surface area contributed by atoms with E-state index in [9.17, 15) is 0 Å². The lowest BCUT2D eigenvalue weighted by molar-refractivity contribution is 0.404. The number of rotatable bonds is 4. The molecule has 0 saturated carbocycles. The Balaban J connectivity index is 2.03. The number of furan rings is 1. The summed E-state index contributed by atoms with van der Waals surface area (Å²) in [6.45, 7) is 6.30. The predicted molar refractivity (Wildman–Crippen MR) is 65.5 cm³/mol. The molecule has 0 aliphatic carbocycles. The lowest BCUT2D eigenvalue weighted by Crippen LogP contribution is -2.21. The zero-order valence-corrected chi connectivity index (χ0v) is 10.5. The van der Waals surface area contributed by atoms with Crippen molar-refractivity contribution in [3.8, 4) is 0 Å². The monoisotopic (exact) mass is 236 g/mol. The molecule has 0 amide bonds. The summed E-state index contributed by atoms with van der Waals surface area (Å²) in [4.78, 5) is 5.55. The van der Waals surface area contributed by atoms with E-state index < -0.39 is 0 Å². The molecular weight excluding hydrogens is 220 g/mol. The highest BCUT2D eigenvalue weighted by molar-refractivity contribution is 7.09. The van der Waals surface area contributed by atoms with Crippen LogP contribution in [-0.2, 0) is 0 Å². The van der Waals surface area contributed by atoms with Crippen LogP contribution in [0.2, 0.25) is 0 Å². The smallest absolute Gasteiger partial charge is 0.120 e. The van der Waals surface area contributed by atoms with Crippen LogP contribution in [-0.4, -0.2) is 4.98 Å². The van der Waals surface area contributed by atoms with Crippen molar-refractivity contribution in [3.05, 3.63) is 40.2 Å². The van der Waals surface area contributed by atoms with Crippen LogP contribution >= 0.6 is 11.3 Å². The molecular formula is C12H16N2OS. The second kappa shape index (κ2) is 4.80. The fraction of sp³-hybridized carbons (Fsp3) is 0.417. The fourth-order valence-corrected chi connectivity index (χ4v) is 2.62. The Hall–Kier alpha value is -1.13. The van der Waals surface area contributed by atoms with Gasteiger partial charge in [0.2, 0.25) is 0 Å². The molecule has 16 heavy (non-hydrogen) atoms. The van der Waals surface area contributed by atoms with Gasteiger partial charge in [0.15, 0.2) is 0 Å². The third-order valence-corrected chi connectivity index (χ3v) is 3.76. The molecule has 0 radical (unpaired) electrons. The average Bonchev–Trinajstić information content (AvgIpc) is 2.86. The number of hydrogen-bond acceptors (Lipinski definition) is 4. The summed E-state index contributed by atoms with van der Waals surface area (Å²) in [6, 6.07) is 4.42. The highest BCUT2D eigenvalue weighted by Crippen LogP contribution is 2.24. The first-order valence-electron chi connectivity index (χ1n) is 5.38. The zero-order chi connectivity index (χ0) is 11.5. The molecule has 2 aromatic heterocycles. The van der Waals surface area contributed by atoms with Gasteiger partial charge in [-0.2, -0.15) is 0 Å². The van der Waals surface area contributed by atoms with Gasteiger partial charge in [0.1, 0.15) is 5.76 Å². The van der Waals surface area contributed by atoms with E-state index in [4.69, 9.17) is 4.42 Å². The van der Waals surface area contributed by atoms with Gasteiger partial charge >= 0.3 is 0 Å². The van der Waals surface area contributed by atoms with E-state index in [2.05, 4.69) is 24.1 Å². The topological polar surface area (TPSA) is 38.1 Å². The van der Waals surface area contributed by atoms with Crippen molar-refractivity contribution < 1.29 is 4.42 Å². The van der Waals surface area contributed by atoms with Crippen molar-refractivity contribution in [2.75, 3.05) is 0 Å². The minimum absolute atomic E-state index is 0.214. The first-order chi connectivity index (χ1) is 7.68. The molecule has 0 bridgehead atoms. The van der Waals surface area contributed by atoms with Gasteiger partial charge in [0.25, 0.3) is 0 Å². The fourth-order valence-electron chi connectivity index (χ4n) is 1.80. The van der Waals surface area contributed by atoms with E-state index in [0.29, 0.717) is 6.04 Å². The van der Waals surface area contributed by atoms with Crippen LogP contribution in [0.15, 0.2) is 28.3 Å². The molecule has 1 N–H and O–H groups in total. The molecule has 1 unspecified atom stereocenters. The summed E-state index contributed by atoms with van der Waals surface area (Å²) in [5.41, 5.74) is 3.00. The molecule has 0 aliphatic heterocycles. The first kappa shape index (κ1) is 11.4. The summed E-state index contributed by atoms with van der Waals surface area (Å²) in [7, 11) is 0. The molecule has 2 heterocycles. The highest BCUT2D eigenvalue weighted by Gasteiger charge is 2.15. The lowest BCUT2D eigenvalue weighted by atomic mass is 10.2. The van der Waals surface area contributed by atoms with Crippen LogP contribution in [0, 0.1) is 6.92 Å². The number of aryl methyl sites for hydroxylation is 1. The summed E-state index contributed by atoms with van der Waals surface area (Å²) in [6.07, 6.45) is 1.70. The summed E-state index contributed by atoms with van der Waals surface area (Å²) in [5.74, 6) is 0.967. The Morgan fingerprint density at radius 3 is 2.75 bits per heavy atom. The second-order valence-electron chi connectivity index (χ2n) is 3.93. The summed E-state index contributed by atoms with van der Waals surface area (Å²) >= 11 is 1.69. The Kier molecular flexibility index (Phi) is 3.41. The van der Waals surface area contributed by atoms with Crippen LogP contribution in [0.1, 0.15) is 42.3 Å². The van der Waals surface area contributed by atoms with Crippen molar-refractivity contribution in [2.45, 2.75) is 32.9 Å². The van der Waals surface area contributed by atoms with Crippen molar-refractivity contribution in [2.24, 2.45) is 0 Å². The number of aromatic nitrogens is 1. The maximum Gasteiger partial charge on any atom is 0.120 e. The van der Waals surface area contributed by atoms with E-state index in [1.54, 1.807) is 17.6 Å². The van der Waals surface area contributed by atoms with Crippen LogP contribution < -0.4 is 5.32 Å². The summed E-state index contributed by atoms with van der Waals surface area (Å²) in [5, 5.41) is 3.50. The van der Waals surface area contributed by atoms with E-state index in [0.717, 1.165) is 11.5 Å². The Bertz CT molecular complexity index is 436. The Morgan fingerprint density at radius 2 is 2.19 bits per heavy atom. The van der Waals surface area contributed by atoms with Crippen LogP contribution in [0.25, 0.3) is 0 Å². The van der Waals surface area contributed by atoms with Crippen molar-refractivity contribution in [1.82, 2.24) is 10.3 Å². The van der Waals surface area contributed by atoms with Crippen molar-refractivity contribution >= 4 is 11.3 Å². The molecule has 4 heteroatoms. The maximum atomic E-state index is 5.37. The minimum Gasteiger partial charge on any atom is -0.468 e. The molecule has 0 spiro atoms. The number of thiazole rings is 1. The Labute approximate surface area is 99.5 Å². The quantitative estimate of drug-likeness (QED) is 0.883. The van der Waals surface area contributed by atoms with E-state index in [1.807, 2.05) is 24.6 Å². The van der Waals surface area contributed by atoms with Crippen LogP contribution in [0.5, 0.6) is 0 Å². The van der Waals surface area contributed by atoms with E-state index in [-0.39, 0.29) is 6.04 Å². The van der Waals surface area contributed by atoms with Gasteiger partial charge in [-0.15, -0.1) is 11.3 Å². The van der Waals surface area contributed by atoms with Gasteiger partial charge in [-0.3, -0.25) is 0 Å². The summed E-state index contributed by atoms with van der Waals surface area (Å²) < 4.78 is 5.37. The third kappa shape index (κ3) is 2.33. The Morgan fingerprint density at radius 1 is 1.38 bits per heavy atom. The minimum atomic E-state index is 0.214. The van der Waals surface area contributed by atoms with Gasteiger partial charge in [-0.1, -0.05) is 0 Å². The highest BCUT2D eigenvalue weighted by atomic mass is 32.1. The molecule has 3 nitrogen and oxygen atoms in total. The third-order valence-electron chi connectivity index (χ3n) is 2.65. The number of nitrogens with one attached hydrogen (secondary N) is 1. The standard InChI is InChI=1S/C12H16N2OS/c1-8(11-5-4-6-15-11)14-10(3)12-9(2)13-7-16-12/h4-8,10,14H,1-3H3/t8-,10?/m0/s1.